The zero-order valence-electron chi connectivity index (χ0n) is 51.7. The summed E-state index contributed by atoms with van der Waals surface area (Å²) in [6.45, 7) is 0. The number of benzene rings is 12. The van der Waals surface area contributed by atoms with Crippen LogP contribution in [0.3, 0.4) is 0 Å². The van der Waals surface area contributed by atoms with Crippen LogP contribution in [0, 0.1) is 24.3 Å². The van der Waals surface area contributed by atoms with Gasteiger partial charge >= 0.3 is 84.3 Å². The van der Waals surface area contributed by atoms with E-state index in [0.29, 0.717) is 11.8 Å². The smallest absolute Gasteiger partial charge is 0.464 e. The molecule has 0 saturated heterocycles. The summed E-state index contributed by atoms with van der Waals surface area (Å²) in [5.41, 5.74) is 18.1. The zero-order chi connectivity index (χ0) is 62.8. The fourth-order valence-corrected chi connectivity index (χ4v) is 11.0. The molecule has 478 valence electrons. The number of aromatic nitrogens is 8. The third-order valence-electron chi connectivity index (χ3n) is 15.1. The van der Waals surface area contributed by atoms with Crippen LogP contribution in [0.25, 0.3) is 134 Å². The zero-order valence-corrected chi connectivity index (χ0v) is 61.6. The molecule has 16 aromatic rings. The van der Waals surface area contributed by atoms with Crippen LogP contribution in [0.15, 0.2) is 330 Å². The van der Waals surface area contributed by atoms with Crippen LogP contribution in [-0.2, 0) is 91.3 Å². The van der Waals surface area contributed by atoms with E-state index in [1.165, 1.54) is 38.9 Å². The normalized spacial score (nSPS) is 10.2. The Morgan fingerprint density at radius 2 is 0.639 bits per heavy atom. The molecular weight excluding hydrogens is 1940 g/mol. The summed E-state index contributed by atoms with van der Waals surface area (Å²) in [4.78, 5) is 0. The monoisotopic (exact) mass is 2000 g/mol. The molecule has 0 spiro atoms. The van der Waals surface area contributed by atoms with Crippen molar-refractivity contribution in [3.63, 3.8) is 0 Å². The maximum atomic E-state index is 5.75. The molecule has 0 saturated carbocycles. The summed E-state index contributed by atoms with van der Waals surface area (Å²) in [5.74, 6) is 3.42. The van der Waals surface area contributed by atoms with Gasteiger partial charge in [-0.15, -0.1) is 170 Å². The van der Waals surface area contributed by atoms with E-state index in [2.05, 4.69) is 218 Å². The maximum absolute atomic E-state index is 5.75. The molecule has 0 radical (unpaired) electrons. The average molecular weight is 2000 g/mol. The predicted molar refractivity (Wildman–Crippen MR) is 372 cm³/mol. The molecule has 4 heterocycles. The maximum Gasteiger partial charge on any atom is 2.00 e. The van der Waals surface area contributed by atoms with E-state index >= 15 is 0 Å². The topological polar surface area (TPSA) is 121 Å². The van der Waals surface area contributed by atoms with Crippen LogP contribution < -0.4 is 0 Å². The SMILES string of the molecule is Cn1c(-c2[c-]cccc2)nnc1-c1ccc(-c2ccccc2)cc1.[Pt+2].[Pt+2].[Pt+2].[Pt+2].[c-]1ccccc1-c1cc(-c2ccc(-c3ccccc3)cc2)on1.[c-]1ccccc1-c1nnc(-c2ccc(-c3ccccc3)cc2)o1.[c-]1ccccc1-c1nnc(-c2ccc(-c3ccccc3)cc2)s1. The van der Waals surface area contributed by atoms with E-state index in [1.807, 2.05) is 175 Å². The first kappa shape index (κ1) is 71.7. The van der Waals surface area contributed by atoms with Gasteiger partial charge < -0.3 is 13.5 Å². The molecule has 0 aliphatic carbocycles. The molecule has 16 rings (SSSR count). The van der Waals surface area contributed by atoms with Crippen molar-refractivity contribution in [1.29, 1.82) is 0 Å². The first-order chi connectivity index (χ1) is 46.0. The number of hydrogen-bond donors (Lipinski definition) is 0. The third kappa shape index (κ3) is 18.5. The van der Waals surface area contributed by atoms with Crippen LogP contribution in [0.4, 0.5) is 0 Å². The van der Waals surface area contributed by atoms with E-state index in [9.17, 15) is 0 Å². The van der Waals surface area contributed by atoms with E-state index in [-0.39, 0.29) is 84.3 Å². The predicted octanol–water partition coefficient (Wildman–Crippen LogP) is 20.3. The van der Waals surface area contributed by atoms with Gasteiger partial charge in [0.1, 0.15) is 5.01 Å². The van der Waals surface area contributed by atoms with Gasteiger partial charge in [0, 0.05) is 35.0 Å². The molecule has 0 aliphatic rings. The fourth-order valence-electron chi connectivity index (χ4n) is 10.2. The summed E-state index contributed by atoms with van der Waals surface area (Å²) >= 11 is 1.59. The molecule has 15 heteroatoms. The van der Waals surface area contributed by atoms with Crippen LogP contribution in [0.2, 0.25) is 0 Å². The molecule has 0 amide bonds. The van der Waals surface area contributed by atoms with Crippen molar-refractivity contribution in [2.24, 2.45) is 7.05 Å². The van der Waals surface area contributed by atoms with Crippen molar-refractivity contribution >= 4 is 11.3 Å². The molecule has 0 fully saturated rings. The summed E-state index contributed by atoms with van der Waals surface area (Å²) in [7, 11) is 1.98. The minimum absolute atomic E-state index is 0. The number of nitrogens with zero attached hydrogens (tertiary/aromatic N) is 8. The molecule has 4 aromatic heterocycles. The number of rotatable bonds is 12. The summed E-state index contributed by atoms with van der Waals surface area (Å²) in [5, 5.41) is 31.5. The summed E-state index contributed by atoms with van der Waals surface area (Å²) in [6, 6.07) is 120. The van der Waals surface area contributed by atoms with Gasteiger partial charge in [0.05, 0.1) is 10.8 Å². The second-order valence-corrected chi connectivity index (χ2v) is 22.2. The molecule has 0 unspecified atom stereocenters. The second kappa shape index (κ2) is 36.0. The van der Waals surface area contributed by atoms with Crippen molar-refractivity contribution in [2.45, 2.75) is 0 Å². The molecule has 97 heavy (non-hydrogen) atoms. The van der Waals surface area contributed by atoms with Gasteiger partial charge in [0.2, 0.25) is 5.89 Å². The van der Waals surface area contributed by atoms with E-state index in [4.69, 9.17) is 8.94 Å². The van der Waals surface area contributed by atoms with Gasteiger partial charge in [-0.25, -0.2) is 0 Å². The largest absolute Gasteiger partial charge is 2.00 e. The molecular formula is C82H56N8O2Pt4S+4. The van der Waals surface area contributed by atoms with Crippen LogP contribution in [0.1, 0.15) is 0 Å². The van der Waals surface area contributed by atoms with E-state index < -0.39 is 0 Å². The van der Waals surface area contributed by atoms with Crippen molar-refractivity contribution in [3.8, 4) is 134 Å². The van der Waals surface area contributed by atoms with Crippen molar-refractivity contribution in [3.05, 3.63) is 346 Å². The van der Waals surface area contributed by atoms with Crippen molar-refractivity contribution < 1.29 is 93.2 Å². The van der Waals surface area contributed by atoms with Crippen LogP contribution in [-0.4, -0.2) is 40.3 Å². The van der Waals surface area contributed by atoms with Crippen molar-refractivity contribution in [1.82, 2.24) is 40.3 Å². The Balaban J connectivity index is 0.000000150. The molecule has 0 aliphatic heterocycles. The first-order valence-electron chi connectivity index (χ1n) is 30.1. The van der Waals surface area contributed by atoms with Gasteiger partial charge in [-0.05, 0) is 62.7 Å². The molecule has 0 N–H and O–H groups in total. The quantitative estimate of drug-likeness (QED) is 0.110. The Bertz CT molecular complexity index is 4550. The van der Waals surface area contributed by atoms with Gasteiger partial charge in [-0.3, -0.25) is 0 Å². The van der Waals surface area contributed by atoms with E-state index in [0.717, 1.165) is 83.2 Å². The number of hydrogen-bond acceptors (Lipinski definition) is 10. The van der Waals surface area contributed by atoms with Crippen molar-refractivity contribution in [2.75, 3.05) is 0 Å². The minimum atomic E-state index is 0. The third-order valence-corrected chi connectivity index (χ3v) is 16.1. The van der Waals surface area contributed by atoms with Gasteiger partial charge in [0.15, 0.2) is 17.5 Å². The van der Waals surface area contributed by atoms with E-state index in [1.54, 1.807) is 11.3 Å². The summed E-state index contributed by atoms with van der Waals surface area (Å²) in [6.07, 6.45) is 0. The average Bonchev–Trinajstić information content (AvgIpc) is 1.78. The Hall–Kier alpha value is -9.56. The fraction of sp³-hybridized carbons (Fsp3) is 0.0122. The van der Waals surface area contributed by atoms with Gasteiger partial charge in [0.25, 0.3) is 0 Å². The molecule has 0 atom stereocenters. The first-order valence-corrected chi connectivity index (χ1v) is 30.9. The molecule has 10 nitrogen and oxygen atoms in total. The van der Waals surface area contributed by atoms with Gasteiger partial charge in [-0.2, -0.15) is 15.3 Å². The Kier molecular flexibility index (Phi) is 26.6. The second-order valence-electron chi connectivity index (χ2n) is 21.2. The molecule has 0 bridgehead atoms. The summed E-state index contributed by atoms with van der Waals surface area (Å²) < 4.78 is 13.2. The van der Waals surface area contributed by atoms with Crippen LogP contribution in [0.5, 0.6) is 0 Å². The Labute approximate surface area is 625 Å². The van der Waals surface area contributed by atoms with Gasteiger partial charge in [-0.1, -0.05) is 212 Å². The molecule has 12 aromatic carbocycles. The Morgan fingerprint density at radius 1 is 0.289 bits per heavy atom. The minimum Gasteiger partial charge on any atom is -0.464 e. The standard InChI is InChI=1S/C21H16N3.C21H14NO.C20H13N2O.C20H13N2S.4Pt/c1-24-20(18-10-6-3-7-11-18)22-23-21(24)19-14-12-17(13-15-19)16-8-4-2-5-9-16;1-3-7-16(8-4-1)17-11-13-19(14-12-17)21-15-20(22-23-21)18-9-5-2-6-10-18;2*1-3-7-15(8-4-1)16-11-13-18(14-12-16)20-22-21-19(23-20)17-9-5-2-6-10-17;;;;/h2-10,12-15H,1H3;1-9,11-15H;2*1-9,11-14H;;;;/q4*-1;4*+2. The van der Waals surface area contributed by atoms with Crippen LogP contribution >= 0.6 is 11.3 Å². The Morgan fingerprint density at radius 3 is 1.09 bits per heavy atom.